The number of nitrogens with one attached hydrogen (secondary N) is 1. The van der Waals surface area contributed by atoms with E-state index in [0.717, 1.165) is 29.4 Å². The van der Waals surface area contributed by atoms with Crippen molar-refractivity contribution < 1.29 is 9.18 Å². The van der Waals surface area contributed by atoms with Crippen molar-refractivity contribution in [3.05, 3.63) is 23.1 Å². The Morgan fingerprint density at radius 3 is 2.87 bits per heavy atom. The van der Waals surface area contributed by atoms with Crippen molar-refractivity contribution in [2.24, 2.45) is 5.92 Å². The molecule has 1 saturated carbocycles. The fourth-order valence-corrected chi connectivity index (χ4v) is 2.60. The number of aromatic nitrogens is 5. The van der Waals surface area contributed by atoms with Gasteiger partial charge in [0.25, 0.3) is 0 Å². The molecular weight excluding hydrogens is 299 g/mol. The molecular formula is C15H21FN6O. The van der Waals surface area contributed by atoms with E-state index >= 15 is 0 Å². The van der Waals surface area contributed by atoms with Crippen molar-refractivity contribution in [2.45, 2.75) is 46.2 Å². The summed E-state index contributed by atoms with van der Waals surface area (Å²) < 4.78 is 14.2. The van der Waals surface area contributed by atoms with Gasteiger partial charge in [-0.15, -0.1) is 5.10 Å². The van der Waals surface area contributed by atoms with E-state index in [0.29, 0.717) is 5.82 Å². The molecule has 0 radical (unpaired) electrons. The Labute approximate surface area is 133 Å². The fraction of sp³-hybridized carbons (Fsp3) is 0.600. The van der Waals surface area contributed by atoms with Crippen molar-refractivity contribution in [3.8, 4) is 0 Å². The molecule has 8 heteroatoms. The van der Waals surface area contributed by atoms with Crippen molar-refractivity contribution >= 4 is 11.7 Å². The highest BCUT2D eigenvalue weighted by molar-refractivity contribution is 5.91. The van der Waals surface area contributed by atoms with E-state index in [2.05, 4.69) is 20.6 Å². The van der Waals surface area contributed by atoms with Gasteiger partial charge in [-0.3, -0.25) is 9.48 Å². The Hall–Kier alpha value is -2.25. The SMILES string of the molecule is Cc1nn(CC2CC2)c(C)c1CC(=O)Nc1cnn(CCF)n1. The highest BCUT2D eigenvalue weighted by atomic mass is 19.1. The lowest BCUT2D eigenvalue weighted by atomic mass is 10.1. The van der Waals surface area contributed by atoms with Gasteiger partial charge in [0, 0.05) is 17.8 Å². The van der Waals surface area contributed by atoms with Crippen LogP contribution in [0.5, 0.6) is 0 Å². The summed E-state index contributed by atoms with van der Waals surface area (Å²) in [4.78, 5) is 13.4. The third-order valence-corrected chi connectivity index (χ3v) is 4.09. The Kier molecular flexibility index (Phi) is 4.40. The summed E-state index contributed by atoms with van der Waals surface area (Å²) in [5, 5.41) is 15.1. The van der Waals surface area contributed by atoms with Gasteiger partial charge in [0.2, 0.25) is 5.91 Å². The molecule has 1 fully saturated rings. The van der Waals surface area contributed by atoms with Crippen molar-refractivity contribution in [1.82, 2.24) is 24.8 Å². The van der Waals surface area contributed by atoms with Crippen LogP contribution in [0.1, 0.15) is 29.8 Å². The van der Waals surface area contributed by atoms with Crippen molar-refractivity contribution in [1.29, 1.82) is 0 Å². The molecule has 0 atom stereocenters. The minimum absolute atomic E-state index is 0.0853. The second-order valence-electron chi connectivity index (χ2n) is 6.01. The van der Waals surface area contributed by atoms with E-state index in [1.54, 1.807) is 0 Å². The number of anilines is 1. The highest BCUT2D eigenvalue weighted by Gasteiger charge is 2.24. The van der Waals surface area contributed by atoms with Gasteiger partial charge in [-0.25, -0.2) is 4.39 Å². The van der Waals surface area contributed by atoms with E-state index in [4.69, 9.17) is 0 Å². The van der Waals surface area contributed by atoms with Crippen LogP contribution >= 0.6 is 0 Å². The second-order valence-corrected chi connectivity index (χ2v) is 6.01. The normalized spacial score (nSPS) is 14.2. The van der Waals surface area contributed by atoms with Crippen molar-refractivity contribution in [2.75, 3.05) is 12.0 Å². The lowest BCUT2D eigenvalue weighted by Gasteiger charge is -2.05. The molecule has 0 aliphatic heterocycles. The van der Waals surface area contributed by atoms with Crippen LogP contribution in [0.3, 0.4) is 0 Å². The maximum absolute atomic E-state index is 12.2. The standard InChI is InChI=1S/C15H21FN6O/c1-10-13(11(2)21(19-10)9-12-3-4-12)7-15(23)18-14-8-17-22(20-14)6-5-16/h8,12H,3-7,9H2,1-2H3,(H,18,20,23). The molecule has 124 valence electrons. The maximum atomic E-state index is 12.2. The zero-order chi connectivity index (χ0) is 16.4. The average Bonchev–Trinajstić information content (AvgIpc) is 3.16. The number of hydrogen-bond donors (Lipinski definition) is 1. The van der Waals surface area contributed by atoms with Crippen LogP contribution in [0.25, 0.3) is 0 Å². The van der Waals surface area contributed by atoms with Gasteiger partial charge in [-0.05, 0) is 32.6 Å². The summed E-state index contributed by atoms with van der Waals surface area (Å²) in [5.41, 5.74) is 2.89. The first-order valence-electron chi connectivity index (χ1n) is 7.85. The number of hydrogen-bond acceptors (Lipinski definition) is 4. The number of alkyl halides is 1. The molecule has 0 bridgehead atoms. The topological polar surface area (TPSA) is 77.6 Å². The predicted octanol–water partition coefficient (Wildman–Crippen LogP) is 1.65. The number of rotatable bonds is 7. The zero-order valence-electron chi connectivity index (χ0n) is 13.4. The van der Waals surface area contributed by atoms with Crippen LogP contribution in [0.15, 0.2) is 6.20 Å². The minimum atomic E-state index is -0.541. The number of halogens is 1. The van der Waals surface area contributed by atoms with Crippen molar-refractivity contribution in [3.63, 3.8) is 0 Å². The van der Waals surface area contributed by atoms with E-state index in [9.17, 15) is 9.18 Å². The van der Waals surface area contributed by atoms with Gasteiger partial charge in [0.05, 0.1) is 24.9 Å². The third-order valence-electron chi connectivity index (χ3n) is 4.09. The molecule has 2 aromatic rings. The molecule has 2 aromatic heterocycles. The molecule has 0 unspecified atom stereocenters. The molecule has 2 heterocycles. The molecule has 1 aliphatic rings. The zero-order valence-corrected chi connectivity index (χ0v) is 13.4. The summed E-state index contributed by atoms with van der Waals surface area (Å²) in [6.07, 6.45) is 4.20. The van der Waals surface area contributed by atoms with Crippen LogP contribution in [0.2, 0.25) is 0 Å². The number of nitrogens with zero attached hydrogens (tertiary/aromatic N) is 5. The van der Waals surface area contributed by atoms with Gasteiger partial charge in [0.15, 0.2) is 5.82 Å². The molecule has 23 heavy (non-hydrogen) atoms. The van der Waals surface area contributed by atoms with Crippen LogP contribution < -0.4 is 5.32 Å². The molecule has 1 amide bonds. The smallest absolute Gasteiger partial charge is 0.230 e. The third kappa shape index (κ3) is 3.75. The minimum Gasteiger partial charge on any atom is -0.308 e. The summed E-state index contributed by atoms with van der Waals surface area (Å²) >= 11 is 0. The molecule has 1 N–H and O–H groups in total. The van der Waals surface area contributed by atoms with Crippen LogP contribution in [0, 0.1) is 19.8 Å². The maximum Gasteiger partial charge on any atom is 0.230 e. The van der Waals surface area contributed by atoms with Gasteiger partial charge in [-0.2, -0.15) is 15.0 Å². The second kappa shape index (κ2) is 6.47. The molecule has 3 rings (SSSR count). The summed E-state index contributed by atoms with van der Waals surface area (Å²) in [5.74, 6) is 0.902. The summed E-state index contributed by atoms with van der Waals surface area (Å²) in [7, 11) is 0. The lowest BCUT2D eigenvalue weighted by molar-refractivity contribution is -0.115. The van der Waals surface area contributed by atoms with E-state index < -0.39 is 6.67 Å². The Balaban J connectivity index is 1.63. The lowest BCUT2D eigenvalue weighted by Crippen LogP contribution is -2.16. The number of carbonyl (C=O) groups excluding carboxylic acids is 1. The van der Waals surface area contributed by atoms with Gasteiger partial charge >= 0.3 is 0 Å². The van der Waals surface area contributed by atoms with E-state index in [-0.39, 0.29) is 18.9 Å². The molecule has 1 aliphatic carbocycles. The van der Waals surface area contributed by atoms with Crippen LogP contribution in [-0.2, 0) is 24.3 Å². The van der Waals surface area contributed by atoms with Gasteiger partial charge in [0.1, 0.15) is 6.67 Å². The van der Waals surface area contributed by atoms with Crippen LogP contribution in [-0.4, -0.2) is 37.4 Å². The molecule has 0 spiro atoms. The largest absolute Gasteiger partial charge is 0.308 e. The Morgan fingerprint density at radius 1 is 1.39 bits per heavy atom. The number of carbonyl (C=O) groups is 1. The average molecular weight is 320 g/mol. The van der Waals surface area contributed by atoms with Gasteiger partial charge in [-0.1, -0.05) is 0 Å². The monoisotopic (exact) mass is 320 g/mol. The Bertz CT molecular complexity index is 703. The quantitative estimate of drug-likeness (QED) is 0.841. The molecule has 0 saturated heterocycles. The fourth-order valence-electron chi connectivity index (χ4n) is 2.60. The first-order valence-corrected chi connectivity index (χ1v) is 7.85. The summed E-state index contributed by atoms with van der Waals surface area (Å²) in [6.45, 7) is 4.41. The Morgan fingerprint density at radius 2 is 2.17 bits per heavy atom. The van der Waals surface area contributed by atoms with E-state index in [1.807, 2.05) is 18.5 Å². The number of amides is 1. The first kappa shape index (κ1) is 15.6. The van der Waals surface area contributed by atoms with E-state index in [1.165, 1.54) is 23.8 Å². The first-order chi connectivity index (χ1) is 11.1. The highest BCUT2D eigenvalue weighted by Crippen LogP contribution is 2.31. The predicted molar refractivity (Wildman–Crippen MR) is 82.8 cm³/mol. The van der Waals surface area contributed by atoms with Gasteiger partial charge < -0.3 is 5.32 Å². The summed E-state index contributed by atoms with van der Waals surface area (Å²) in [6, 6.07) is 0. The molecule has 7 nitrogen and oxygen atoms in total. The number of aryl methyl sites for hydroxylation is 2. The molecule has 0 aromatic carbocycles. The van der Waals surface area contributed by atoms with Crippen LogP contribution in [0.4, 0.5) is 10.2 Å².